The second-order valence-electron chi connectivity index (χ2n) is 8.49. The zero-order valence-electron chi connectivity index (χ0n) is 20.8. The van der Waals surface area contributed by atoms with E-state index in [4.69, 9.17) is 23.2 Å². The summed E-state index contributed by atoms with van der Waals surface area (Å²) >= 11 is 12.5. The van der Waals surface area contributed by atoms with Crippen molar-refractivity contribution < 1.29 is 18.0 Å². The lowest BCUT2D eigenvalue weighted by Gasteiger charge is -2.32. The highest BCUT2D eigenvalue weighted by molar-refractivity contribution is 7.92. The zero-order chi connectivity index (χ0) is 27.2. The number of aryl methyl sites for hydroxylation is 1. The van der Waals surface area contributed by atoms with Gasteiger partial charge in [-0.05, 0) is 62.7 Å². The van der Waals surface area contributed by atoms with E-state index in [2.05, 4.69) is 5.32 Å². The number of amides is 2. The van der Waals surface area contributed by atoms with Crippen molar-refractivity contribution in [3.05, 3.63) is 94.0 Å². The summed E-state index contributed by atoms with van der Waals surface area (Å²) in [4.78, 5) is 27.9. The number of nitrogens with one attached hydrogen (secondary N) is 1. The molecule has 0 aliphatic heterocycles. The van der Waals surface area contributed by atoms with E-state index < -0.39 is 28.5 Å². The van der Waals surface area contributed by atoms with Crippen molar-refractivity contribution in [2.45, 2.75) is 38.3 Å². The zero-order valence-corrected chi connectivity index (χ0v) is 23.1. The lowest BCUT2D eigenvalue weighted by Crippen LogP contribution is -2.51. The molecule has 0 spiro atoms. The third-order valence-electron chi connectivity index (χ3n) is 5.80. The van der Waals surface area contributed by atoms with Crippen molar-refractivity contribution in [2.24, 2.45) is 0 Å². The van der Waals surface area contributed by atoms with Crippen LogP contribution in [0, 0.1) is 6.92 Å². The van der Waals surface area contributed by atoms with Gasteiger partial charge in [-0.1, -0.05) is 65.2 Å². The summed E-state index contributed by atoms with van der Waals surface area (Å²) in [7, 11) is -4.15. The van der Waals surface area contributed by atoms with E-state index in [1.165, 1.54) is 23.1 Å². The summed E-state index contributed by atoms with van der Waals surface area (Å²) in [6, 6.07) is 18.7. The fraction of sp³-hybridized carbons (Fsp3) is 0.259. The molecule has 0 bridgehead atoms. The van der Waals surface area contributed by atoms with Crippen molar-refractivity contribution >= 4 is 50.7 Å². The van der Waals surface area contributed by atoms with E-state index in [0.717, 1.165) is 9.87 Å². The van der Waals surface area contributed by atoms with Crippen molar-refractivity contribution in [1.82, 2.24) is 10.2 Å². The Bertz CT molecular complexity index is 1360. The van der Waals surface area contributed by atoms with E-state index in [-0.39, 0.29) is 23.0 Å². The summed E-state index contributed by atoms with van der Waals surface area (Å²) in [5.41, 5.74) is 1.75. The number of carbonyl (C=O) groups is 2. The van der Waals surface area contributed by atoms with Gasteiger partial charge in [0, 0.05) is 23.1 Å². The van der Waals surface area contributed by atoms with Crippen LogP contribution in [-0.4, -0.2) is 44.3 Å². The van der Waals surface area contributed by atoms with Crippen LogP contribution >= 0.6 is 23.2 Å². The topological polar surface area (TPSA) is 86.8 Å². The molecule has 1 N–H and O–H groups in total. The molecule has 3 aromatic carbocycles. The monoisotopic (exact) mass is 561 g/mol. The molecule has 0 saturated carbocycles. The van der Waals surface area contributed by atoms with E-state index >= 15 is 0 Å². The maximum atomic E-state index is 13.8. The highest BCUT2D eigenvalue weighted by Gasteiger charge is 2.32. The molecule has 0 unspecified atom stereocenters. The van der Waals surface area contributed by atoms with Gasteiger partial charge in [0.05, 0.1) is 10.6 Å². The number of carbonyl (C=O) groups excluding carboxylic acids is 2. The van der Waals surface area contributed by atoms with Crippen molar-refractivity contribution in [1.29, 1.82) is 0 Å². The molecule has 0 aromatic heterocycles. The van der Waals surface area contributed by atoms with Crippen LogP contribution in [0.3, 0.4) is 0 Å². The molecule has 0 heterocycles. The van der Waals surface area contributed by atoms with Gasteiger partial charge in [-0.15, -0.1) is 0 Å². The summed E-state index contributed by atoms with van der Waals surface area (Å²) in [6.45, 7) is 5.07. The molecule has 7 nitrogen and oxygen atoms in total. The first-order valence-electron chi connectivity index (χ1n) is 11.7. The van der Waals surface area contributed by atoms with E-state index in [9.17, 15) is 18.0 Å². The molecule has 2 amide bonds. The molecule has 0 saturated heterocycles. The third-order valence-corrected chi connectivity index (χ3v) is 8.19. The standard InChI is InChI=1S/C27H29Cl2N3O4S/c1-4-30-27(34)20(3)31(17-21-8-5-6-11-25(21)29)26(33)18-32(23-10-7-9-22(28)16-23)37(35,36)24-14-12-19(2)13-15-24/h5-16,20H,4,17-18H2,1-3H3,(H,30,34)/t20-/m1/s1. The van der Waals surface area contributed by atoms with E-state index in [1.807, 2.05) is 6.92 Å². The maximum absolute atomic E-state index is 13.8. The number of halogens is 2. The van der Waals surface area contributed by atoms with Gasteiger partial charge in [0.25, 0.3) is 10.0 Å². The number of benzene rings is 3. The largest absolute Gasteiger partial charge is 0.355 e. The number of hydrogen-bond acceptors (Lipinski definition) is 4. The Morgan fingerprint density at radius 1 is 0.973 bits per heavy atom. The average Bonchev–Trinajstić information content (AvgIpc) is 2.86. The molecule has 3 rings (SSSR count). The fourth-order valence-corrected chi connectivity index (χ4v) is 5.50. The maximum Gasteiger partial charge on any atom is 0.264 e. The predicted octanol–water partition coefficient (Wildman–Crippen LogP) is 5.05. The molecule has 196 valence electrons. The summed E-state index contributed by atoms with van der Waals surface area (Å²) < 4.78 is 28.5. The van der Waals surface area contributed by atoms with Gasteiger partial charge in [-0.3, -0.25) is 13.9 Å². The first kappa shape index (κ1) is 28.5. The van der Waals surface area contributed by atoms with Gasteiger partial charge in [0.1, 0.15) is 12.6 Å². The number of nitrogens with zero attached hydrogens (tertiary/aromatic N) is 2. The lowest BCUT2D eigenvalue weighted by molar-refractivity contribution is -0.139. The Morgan fingerprint density at radius 2 is 1.65 bits per heavy atom. The van der Waals surface area contributed by atoms with Crippen LogP contribution in [0.25, 0.3) is 0 Å². The quantitative estimate of drug-likeness (QED) is 0.375. The van der Waals surface area contributed by atoms with Crippen LogP contribution < -0.4 is 9.62 Å². The third kappa shape index (κ3) is 7.03. The molecule has 1 atom stereocenters. The SMILES string of the molecule is CCNC(=O)[C@@H](C)N(Cc1ccccc1Cl)C(=O)CN(c1cccc(Cl)c1)S(=O)(=O)c1ccc(C)cc1. The normalized spacial score (nSPS) is 12.0. The lowest BCUT2D eigenvalue weighted by atomic mass is 10.1. The van der Waals surface area contributed by atoms with E-state index in [0.29, 0.717) is 22.2 Å². The second-order valence-corrected chi connectivity index (χ2v) is 11.2. The number of hydrogen-bond donors (Lipinski definition) is 1. The molecule has 0 aliphatic carbocycles. The smallest absolute Gasteiger partial charge is 0.264 e. The van der Waals surface area contributed by atoms with Crippen LogP contribution in [0.15, 0.2) is 77.7 Å². The number of likely N-dealkylation sites (N-methyl/N-ethyl adjacent to an activating group) is 1. The van der Waals surface area contributed by atoms with Gasteiger partial charge in [0.2, 0.25) is 11.8 Å². The molecular weight excluding hydrogens is 533 g/mol. The molecule has 0 aliphatic rings. The number of rotatable bonds is 10. The summed E-state index contributed by atoms with van der Waals surface area (Å²) in [5, 5.41) is 3.47. The highest BCUT2D eigenvalue weighted by Crippen LogP contribution is 2.27. The van der Waals surface area contributed by atoms with Crippen molar-refractivity contribution in [2.75, 3.05) is 17.4 Å². The molecule has 0 radical (unpaired) electrons. The summed E-state index contributed by atoms with van der Waals surface area (Å²) in [5.74, 6) is -0.937. The Kier molecular flexibility index (Phi) is 9.59. The van der Waals surface area contributed by atoms with E-state index in [1.54, 1.807) is 68.4 Å². The first-order valence-corrected chi connectivity index (χ1v) is 13.9. The Balaban J connectivity index is 2.04. The van der Waals surface area contributed by atoms with Gasteiger partial charge in [-0.25, -0.2) is 8.42 Å². The Hall–Kier alpha value is -3.07. The molecule has 3 aromatic rings. The Morgan fingerprint density at radius 3 is 2.27 bits per heavy atom. The van der Waals surface area contributed by atoms with Crippen LogP contribution in [0.4, 0.5) is 5.69 Å². The second kappa shape index (κ2) is 12.4. The van der Waals surface area contributed by atoms with Crippen LogP contribution in [-0.2, 0) is 26.2 Å². The first-order chi connectivity index (χ1) is 17.5. The average molecular weight is 563 g/mol. The van der Waals surface area contributed by atoms with Crippen LogP contribution in [0.2, 0.25) is 10.0 Å². The van der Waals surface area contributed by atoms with Crippen molar-refractivity contribution in [3.8, 4) is 0 Å². The molecule has 10 heteroatoms. The Labute approximate surface area is 228 Å². The minimum atomic E-state index is -4.15. The minimum Gasteiger partial charge on any atom is -0.355 e. The van der Waals surface area contributed by atoms with Crippen LogP contribution in [0.1, 0.15) is 25.0 Å². The molecule has 37 heavy (non-hydrogen) atoms. The van der Waals surface area contributed by atoms with Gasteiger partial charge in [-0.2, -0.15) is 0 Å². The minimum absolute atomic E-state index is 0.0186. The van der Waals surface area contributed by atoms with Gasteiger partial charge < -0.3 is 10.2 Å². The van der Waals surface area contributed by atoms with Gasteiger partial charge in [0.15, 0.2) is 0 Å². The predicted molar refractivity (Wildman–Crippen MR) is 147 cm³/mol. The molecular formula is C27H29Cl2N3O4S. The molecule has 0 fully saturated rings. The van der Waals surface area contributed by atoms with Crippen molar-refractivity contribution in [3.63, 3.8) is 0 Å². The number of sulfonamides is 1. The van der Waals surface area contributed by atoms with Gasteiger partial charge >= 0.3 is 0 Å². The van der Waals surface area contributed by atoms with Crippen LogP contribution in [0.5, 0.6) is 0 Å². The summed E-state index contributed by atoms with van der Waals surface area (Å²) in [6.07, 6.45) is 0. The highest BCUT2D eigenvalue weighted by atomic mass is 35.5. The fourth-order valence-electron chi connectivity index (χ4n) is 3.71. The number of anilines is 1.